The summed E-state index contributed by atoms with van der Waals surface area (Å²) in [6, 6.07) is 9.13. The first-order chi connectivity index (χ1) is 12.4. The van der Waals surface area contributed by atoms with Gasteiger partial charge in [0.15, 0.2) is 0 Å². The maximum absolute atomic E-state index is 13.7. The van der Waals surface area contributed by atoms with Gasteiger partial charge < -0.3 is 4.74 Å². The minimum atomic E-state index is -4.54. The van der Waals surface area contributed by atoms with E-state index in [1.54, 1.807) is 24.4 Å². The van der Waals surface area contributed by atoms with Crippen LogP contribution in [0, 0.1) is 0 Å². The Morgan fingerprint density at radius 3 is 2.62 bits per heavy atom. The summed E-state index contributed by atoms with van der Waals surface area (Å²) in [4.78, 5) is 15.1. The number of fused-ring (bicyclic) bond motifs is 1. The molecule has 2 aromatic carbocycles. The van der Waals surface area contributed by atoms with E-state index >= 15 is 0 Å². The van der Waals surface area contributed by atoms with Crippen molar-refractivity contribution in [2.45, 2.75) is 12.7 Å². The molecule has 26 heavy (non-hydrogen) atoms. The van der Waals surface area contributed by atoms with E-state index in [9.17, 15) is 18.0 Å². The molecule has 0 saturated heterocycles. The van der Waals surface area contributed by atoms with E-state index in [-0.39, 0.29) is 23.4 Å². The molecule has 0 spiro atoms. The third-order valence-corrected chi connectivity index (χ3v) is 4.23. The van der Waals surface area contributed by atoms with Crippen LogP contribution in [0.3, 0.4) is 0 Å². The molecule has 5 nitrogen and oxygen atoms in total. The number of hydrogen-bond acceptors (Lipinski definition) is 4. The molecule has 1 amide bonds. The maximum Gasteiger partial charge on any atom is 0.428 e. The molecule has 0 aromatic heterocycles. The van der Waals surface area contributed by atoms with Gasteiger partial charge >= 0.3 is 12.3 Å². The highest BCUT2D eigenvalue weighted by Crippen LogP contribution is 2.38. The van der Waals surface area contributed by atoms with Crippen LogP contribution in [0.15, 0.2) is 46.5 Å². The van der Waals surface area contributed by atoms with E-state index in [4.69, 9.17) is 4.74 Å². The first kappa shape index (κ1) is 16.3. The van der Waals surface area contributed by atoms with Gasteiger partial charge in [-0.15, -0.1) is 0 Å². The molecule has 4 rings (SSSR count). The largest absolute Gasteiger partial charge is 0.442 e. The fourth-order valence-corrected chi connectivity index (χ4v) is 2.95. The van der Waals surface area contributed by atoms with Crippen molar-refractivity contribution in [2.75, 3.05) is 6.61 Å². The van der Waals surface area contributed by atoms with Crippen molar-refractivity contribution in [3.05, 3.63) is 58.7 Å². The third-order valence-electron chi connectivity index (χ3n) is 4.23. The summed E-state index contributed by atoms with van der Waals surface area (Å²) in [5.41, 5.74) is 4.16. The summed E-state index contributed by atoms with van der Waals surface area (Å²) in [6.45, 7) is 0.287. The van der Waals surface area contributed by atoms with Crippen LogP contribution >= 0.6 is 0 Å². The molecule has 0 bridgehead atoms. The quantitative estimate of drug-likeness (QED) is 0.888. The fourth-order valence-electron chi connectivity index (χ4n) is 2.95. The molecule has 2 aliphatic rings. The van der Waals surface area contributed by atoms with Crippen LogP contribution in [-0.4, -0.2) is 24.6 Å². The Labute approximate surface area is 146 Å². The van der Waals surface area contributed by atoms with E-state index in [2.05, 4.69) is 15.5 Å². The molecular formula is C18H12F3N3O2. The molecule has 8 heteroatoms. The van der Waals surface area contributed by atoms with Gasteiger partial charge in [0.25, 0.3) is 0 Å². The highest BCUT2D eigenvalue weighted by atomic mass is 19.4. The lowest BCUT2D eigenvalue weighted by molar-refractivity contribution is -0.137. The fraction of sp³-hybridized carbons (Fsp3) is 0.167. The second kappa shape index (κ2) is 5.98. The van der Waals surface area contributed by atoms with Crippen molar-refractivity contribution >= 4 is 18.0 Å². The number of aliphatic imine (C=N–C) groups is 1. The predicted molar refractivity (Wildman–Crippen MR) is 89.2 cm³/mol. The molecule has 0 aliphatic carbocycles. The number of amides is 1. The summed E-state index contributed by atoms with van der Waals surface area (Å²) < 4.78 is 45.7. The number of ether oxygens (including phenoxy) is 1. The molecule has 1 N–H and O–H groups in total. The Bertz CT molecular complexity index is 965. The lowest BCUT2D eigenvalue weighted by Gasteiger charge is -2.18. The molecular weight excluding hydrogens is 347 g/mol. The topological polar surface area (TPSA) is 63.0 Å². The van der Waals surface area contributed by atoms with Gasteiger partial charge in [-0.25, -0.2) is 10.2 Å². The van der Waals surface area contributed by atoms with E-state index in [1.165, 1.54) is 12.1 Å². The molecule has 0 fully saturated rings. The molecule has 2 heterocycles. The summed E-state index contributed by atoms with van der Waals surface area (Å²) in [5.74, 6) is 0. The average Bonchev–Trinajstić information content (AvgIpc) is 3.09. The summed E-state index contributed by atoms with van der Waals surface area (Å²) in [5, 5.41) is 3.76. The molecule has 2 aliphatic heterocycles. The van der Waals surface area contributed by atoms with Gasteiger partial charge in [0, 0.05) is 11.8 Å². The van der Waals surface area contributed by atoms with Crippen LogP contribution in [-0.2, 0) is 17.5 Å². The summed E-state index contributed by atoms with van der Waals surface area (Å²) in [7, 11) is 0. The standard InChI is InChI=1S/C18H12F3N3O2/c19-18(20,21)15-6-11(16-9-26-17(25)24-23-16)3-4-14(15)10-1-2-12-7-22-8-13(12)5-10/h1-7H,8-9H2,(H,24,25). The van der Waals surface area contributed by atoms with Gasteiger partial charge in [-0.1, -0.05) is 24.3 Å². The van der Waals surface area contributed by atoms with E-state index < -0.39 is 17.8 Å². The van der Waals surface area contributed by atoms with Gasteiger partial charge in [0.1, 0.15) is 12.3 Å². The predicted octanol–water partition coefficient (Wildman–Crippen LogP) is 3.75. The molecule has 0 radical (unpaired) electrons. The van der Waals surface area contributed by atoms with Gasteiger partial charge in [-0.2, -0.15) is 18.3 Å². The van der Waals surface area contributed by atoms with Gasteiger partial charge in [0.05, 0.1) is 12.1 Å². The van der Waals surface area contributed by atoms with Crippen LogP contribution in [0.25, 0.3) is 11.1 Å². The highest BCUT2D eigenvalue weighted by molar-refractivity contribution is 6.04. The summed E-state index contributed by atoms with van der Waals surface area (Å²) in [6.07, 6.45) is -3.57. The van der Waals surface area contributed by atoms with Gasteiger partial charge in [0.2, 0.25) is 0 Å². The smallest absolute Gasteiger partial charge is 0.428 e. The number of carbonyl (C=O) groups is 1. The van der Waals surface area contributed by atoms with Crippen molar-refractivity contribution in [1.29, 1.82) is 0 Å². The number of nitrogens with zero attached hydrogens (tertiary/aromatic N) is 2. The minimum Gasteiger partial charge on any atom is -0.442 e. The van der Waals surface area contributed by atoms with Crippen LogP contribution in [0.1, 0.15) is 22.3 Å². The highest BCUT2D eigenvalue weighted by Gasteiger charge is 2.34. The number of hydrazone groups is 1. The molecule has 2 aromatic rings. The molecule has 0 atom stereocenters. The van der Waals surface area contributed by atoms with Crippen LogP contribution < -0.4 is 5.43 Å². The second-order valence-electron chi connectivity index (χ2n) is 5.89. The number of nitrogens with one attached hydrogen (secondary N) is 1. The monoisotopic (exact) mass is 359 g/mol. The number of rotatable bonds is 2. The first-order valence-electron chi connectivity index (χ1n) is 7.76. The normalized spacial score (nSPS) is 16.0. The maximum atomic E-state index is 13.7. The number of hydrogen-bond donors (Lipinski definition) is 1. The number of carbonyl (C=O) groups excluding carboxylic acids is 1. The lowest BCUT2D eigenvalue weighted by atomic mass is 9.93. The van der Waals surface area contributed by atoms with E-state index in [1.807, 2.05) is 0 Å². The average molecular weight is 359 g/mol. The van der Waals surface area contributed by atoms with Gasteiger partial charge in [-0.3, -0.25) is 4.99 Å². The SMILES string of the molecule is O=C1NN=C(c2ccc(-c3ccc4c(c3)CN=C4)c(C(F)(F)F)c2)CO1. The third kappa shape index (κ3) is 2.94. The van der Waals surface area contributed by atoms with Crippen LogP contribution in [0.2, 0.25) is 0 Å². The van der Waals surface area contributed by atoms with Crippen LogP contribution in [0.5, 0.6) is 0 Å². The number of halogens is 3. The van der Waals surface area contributed by atoms with E-state index in [0.717, 1.165) is 17.2 Å². The zero-order valence-electron chi connectivity index (χ0n) is 13.3. The minimum absolute atomic E-state index is 0.0808. The van der Waals surface area contributed by atoms with E-state index in [0.29, 0.717) is 12.1 Å². The zero-order valence-corrected chi connectivity index (χ0v) is 13.3. The number of benzene rings is 2. The summed E-state index contributed by atoms with van der Waals surface area (Å²) >= 11 is 0. The van der Waals surface area contributed by atoms with Gasteiger partial charge in [-0.05, 0) is 34.4 Å². The Morgan fingerprint density at radius 2 is 1.88 bits per heavy atom. The van der Waals surface area contributed by atoms with Crippen molar-refractivity contribution in [2.24, 2.45) is 10.1 Å². The van der Waals surface area contributed by atoms with Crippen molar-refractivity contribution in [1.82, 2.24) is 5.43 Å². The second-order valence-corrected chi connectivity index (χ2v) is 5.89. The first-order valence-corrected chi connectivity index (χ1v) is 7.76. The lowest BCUT2D eigenvalue weighted by Crippen LogP contribution is -2.30. The van der Waals surface area contributed by atoms with Crippen molar-refractivity contribution in [3.8, 4) is 11.1 Å². The Morgan fingerprint density at radius 1 is 1.08 bits per heavy atom. The molecule has 0 saturated carbocycles. The van der Waals surface area contributed by atoms with Crippen LogP contribution in [0.4, 0.5) is 18.0 Å². The van der Waals surface area contributed by atoms with Crippen molar-refractivity contribution < 1.29 is 22.7 Å². The Hall–Kier alpha value is -3.16. The zero-order chi connectivity index (χ0) is 18.3. The number of alkyl halides is 3. The molecule has 0 unspecified atom stereocenters. The Kier molecular flexibility index (Phi) is 3.75. The molecule has 132 valence electrons. The Balaban J connectivity index is 1.79. The number of cyclic esters (lactones) is 1. The van der Waals surface area contributed by atoms with Crippen molar-refractivity contribution in [3.63, 3.8) is 0 Å².